The number of ether oxygens (including phenoxy) is 4. The molecule has 32 heavy (non-hydrogen) atoms. The van der Waals surface area contributed by atoms with Gasteiger partial charge in [-0.2, -0.15) is 5.10 Å². The summed E-state index contributed by atoms with van der Waals surface area (Å²) in [4.78, 5) is 5.14. The Labute approximate surface area is 190 Å². The van der Waals surface area contributed by atoms with Gasteiger partial charge in [0.1, 0.15) is 0 Å². The van der Waals surface area contributed by atoms with Gasteiger partial charge in [-0.05, 0) is 50.9 Å². The Hall–Kier alpha value is -2.29. The summed E-state index contributed by atoms with van der Waals surface area (Å²) in [5.74, 6) is 2.63. The molecule has 1 unspecified atom stereocenters. The number of likely N-dealkylation sites (tertiary alicyclic amines) is 1. The van der Waals surface area contributed by atoms with Crippen LogP contribution in [0.3, 0.4) is 0 Å². The predicted molar refractivity (Wildman–Crippen MR) is 124 cm³/mol. The summed E-state index contributed by atoms with van der Waals surface area (Å²) in [5, 5.41) is 7.51. The highest BCUT2D eigenvalue weighted by Gasteiger charge is 2.29. The van der Waals surface area contributed by atoms with E-state index < -0.39 is 0 Å². The molecule has 2 fully saturated rings. The minimum atomic E-state index is 0.594. The first-order chi connectivity index (χ1) is 15.6. The van der Waals surface area contributed by atoms with E-state index in [9.17, 15) is 0 Å². The van der Waals surface area contributed by atoms with Crippen molar-refractivity contribution in [2.75, 3.05) is 60.7 Å². The number of aromatic nitrogens is 2. The van der Waals surface area contributed by atoms with E-state index >= 15 is 0 Å². The van der Waals surface area contributed by atoms with Crippen LogP contribution in [0.25, 0.3) is 11.3 Å². The molecule has 2 saturated heterocycles. The van der Waals surface area contributed by atoms with Crippen molar-refractivity contribution in [2.24, 2.45) is 5.92 Å². The van der Waals surface area contributed by atoms with Gasteiger partial charge in [0.15, 0.2) is 11.5 Å². The van der Waals surface area contributed by atoms with Gasteiger partial charge in [-0.15, -0.1) is 0 Å². The third kappa shape index (κ3) is 4.87. The first kappa shape index (κ1) is 22.9. The molecule has 4 rings (SSSR count). The van der Waals surface area contributed by atoms with Crippen molar-refractivity contribution >= 4 is 0 Å². The molecule has 0 amide bonds. The molecule has 2 aromatic rings. The summed E-state index contributed by atoms with van der Waals surface area (Å²) in [6, 6.07) is 4.56. The quantitative estimate of drug-likeness (QED) is 0.671. The molecular weight excluding hydrogens is 408 g/mol. The average Bonchev–Trinajstić information content (AvgIpc) is 3.31. The van der Waals surface area contributed by atoms with Gasteiger partial charge in [-0.25, -0.2) is 0 Å². The molecule has 1 atom stereocenters. The molecule has 1 N–H and O–H groups in total. The van der Waals surface area contributed by atoms with E-state index in [-0.39, 0.29) is 0 Å². The number of piperidine rings is 1. The Balaban J connectivity index is 1.42. The van der Waals surface area contributed by atoms with Crippen molar-refractivity contribution in [1.82, 2.24) is 20.0 Å². The second-order valence-corrected chi connectivity index (χ2v) is 8.69. The number of rotatable bonds is 8. The lowest BCUT2D eigenvalue weighted by Crippen LogP contribution is -2.48. The third-order valence-corrected chi connectivity index (χ3v) is 7.00. The van der Waals surface area contributed by atoms with Gasteiger partial charge >= 0.3 is 0 Å². The van der Waals surface area contributed by atoms with Crippen LogP contribution in [-0.2, 0) is 11.3 Å². The van der Waals surface area contributed by atoms with Gasteiger partial charge in [0.2, 0.25) is 5.75 Å². The summed E-state index contributed by atoms with van der Waals surface area (Å²) in [7, 11) is 4.89. The number of benzene rings is 1. The Kier molecular flexibility index (Phi) is 7.55. The summed E-state index contributed by atoms with van der Waals surface area (Å²) >= 11 is 0. The van der Waals surface area contributed by atoms with Crippen LogP contribution in [0.2, 0.25) is 0 Å². The fourth-order valence-electron chi connectivity index (χ4n) is 5.02. The molecule has 1 aromatic carbocycles. The van der Waals surface area contributed by atoms with Crippen molar-refractivity contribution in [3.8, 4) is 28.5 Å². The molecule has 8 heteroatoms. The molecule has 2 aliphatic rings. The fourth-order valence-corrected chi connectivity index (χ4v) is 5.02. The van der Waals surface area contributed by atoms with Crippen molar-refractivity contribution in [3.05, 3.63) is 23.9 Å². The topological polar surface area (TPSA) is 72.1 Å². The van der Waals surface area contributed by atoms with E-state index in [1.165, 1.54) is 18.4 Å². The van der Waals surface area contributed by atoms with Crippen molar-refractivity contribution in [2.45, 2.75) is 32.4 Å². The number of morpholine rings is 1. The van der Waals surface area contributed by atoms with Crippen LogP contribution in [0.15, 0.2) is 18.3 Å². The highest BCUT2D eigenvalue weighted by molar-refractivity contribution is 5.70. The first-order valence-corrected chi connectivity index (χ1v) is 11.5. The monoisotopic (exact) mass is 444 g/mol. The highest BCUT2D eigenvalue weighted by atomic mass is 16.5. The Bertz CT molecular complexity index is 848. The predicted octanol–water partition coefficient (Wildman–Crippen LogP) is 3.04. The average molecular weight is 445 g/mol. The standard InChI is InChI=1S/C24H36N4O4/c1-17(28-9-11-32-12-10-28)18-5-7-27(8-6-18)16-20-15-25-26-23(20)19-13-21(29-2)24(31-4)22(14-19)30-3/h13-15,17-18H,5-12,16H2,1-4H3,(H,25,26). The van der Waals surface area contributed by atoms with Crippen molar-refractivity contribution in [3.63, 3.8) is 0 Å². The van der Waals surface area contributed by atoms with Gasteiger partial charge in [0.05, 0.1) is 46.4 Å². The summed E-state index contributed by atoms with van der Waals surface area (Å²) < 4.78 is 22.0. The van der Waals surface area contributed by atoms with Crippen LogP contribution in [0, 0.1) is 5.92 Å². The van der Waals surface area contributed by atoms with Gasteiger partial charge in [-0.3, -0.25) is 14.9 Å². The Morgan fingerprint density at radius 3 is 2.28 bits per heavy atom. The SMILES string of the molecule is COc1cc(-c2[nH]ncc2CN2CCC(C(C)N3CCOCC3)CC2)cc(OC)c1OC. The number of hydrogen-bond acceptors (Lipinski definition) is 7. The molecule has 0 bridgehead atoms. The van der Waals surface area contributed by atoms with Crippen LogP contribution >= 0.6 is 0 Å². The maximum Gasteiger partial charge on any atom is 0.203 e. The maximum atomic E-state index is 5.53. The highest BCUT2D eigenvalue weighted by Crippen LogP contribution is 2.41. The Morgan fingerprint density at radius 2 is 1.69 bits per heavy atom. The van der Waals surface area contributed by atoms with Crippen LogP contribution in [0.1, 0.15) is 25.3 Å². The number of H-pyrrole nitrogens is 1. The summed E-state index contributed by atoms with van der Waals surface area (Å²) in [5.41, 5.74) is 3.15. The normalized spacial score (nSPS) is 19.6. The maximum absolute atomic E-state index is 5.53. The number of methoxy groups -OCH3 is 3. The lowest BCUT2D eigenvalue weighted by molar-refractivity contribution is -0.00191. The molecule has 8 nitrogen and oxygen atoms in total. The van der Waals surface area contributed by atoms with Gasteiger partial charge in [0, 0.05) is 36.8 Å². The minimum absolute atomic E-state index is 0.594. The lowest BCUT2D eigenvalue weighted by atomic mass is 9.89. The number of aromatic amines is 1. The van der Waals surface area contributed by atoms with Gasteiger partial charge in [0.25, 0.3) is 0 Å². The van der Waals surface area contributed by atoms with E-state index in [2.05, 4.69) is 26.9 Å². The van der Waals surface area contributed by atoms with E-state index in [1.807, 2.05) is 18.3 Å². The summed E-state index contributed by atoms with van der Waals surface area (Å²) in [6.07, 6.45) is 4.40. The van der Waals surface area contributed by atoms with Crippen LogP contribution in [0.4, 0.5) is 0 Å². The molecule has 176 valence electrons. The lowest BCUT2D eigenvalue weighted by Gasteiger charge is -2.41. The zero-order chi connectivity index (χ0) is 22.5. The summed E-state index contributed by atoms with van der Waals surface area (Å²) in [6.45, 7) is 9.35. The number of nitrogens with zero attached hydrogens (tertiary/aromatic N) is 3. The smallest absolute Gasteiger partial charge is 0.203 e. The van der Waals surface area contributed by atoms with Crippen LogP contribution in [-0.4, -0.2) is 86.8 Å². The van der Waals surface area contributed by atoms with Crippen molar-refractivity contribution in [1.29, 1.82) is 0 Å². The molecule has 3 heterocycles. The van der Waals surface area contributed by atoms with Crippen molar-refractivity contribution < 1.29 is 18.9 Å². The van der Waals surface area contributed by atoms with Crippen LogP contribution < -0.4 is 14.2 Å². The first-order valence-electron chi connectivity index (χ1n) is 11.5. The molecule has 1 aromatic heterocycles. The zero-order valence-corrected chi connectivity index (χ0v) is 19.7. The molecular formula is C24H36N4O4. The largest absolute Gasteiger partial charge is 0.493 e. The molecule has 0 saturated carbocycles. The van der Waals surface area contributed by atoms with E-state index in [4.69, 9.17) is 18.9 Å². The number of nitrogens with one attached hydrogen (secondary N) is 1. The van der Waals surface area contributed by atoms with E-state index in [1.54, 1.807) is 21.3 Å². The van der Waals surface area contributed by atoms with E-state index in [0.717, 1.165) is 63.1 Å². The van der Waals surface area contributed by atoms with Gasteiger partial charge in [-0.1, -0.05) is 0 Å². The minimum Gasteiger partial charge on any atom is -0.493 e. The second-order valence-electron chi connectivity index (χ2n) is 8.69. The molecule has 2 aliphatic heterocycles. The zero-order valence-electron chi connectivity index (χ0n) is 19.7. The number of hydrogen-bond donors (Lipinski definition) is 1. The van der Waals surface area contributed by atoms with Gasteiger partial charge < -0.3 is 18.9 Å². The fraction of sp³-hybridized carbons (Fsp3) is 0.625. The molecule has 0 radical (unpaired) electrons. The van der Waals surface area contributed by atoms with Crippen LogP contribution in [0.5, 0.6) is 17.2 Å². The molecule has 0 spiro atoms. The van der Waals surface area contributed by atoms with E-state index in [0.29, 0.717) is 23.3 Å². The molecule has 0 aliphatic carbocycles. The Morgan fingerprint density at radius 1 is 1.03 bits per heavy atom. The third-order valence-electron chi connectivity index (χ3n) is 7.00. The second kappa shape index (κ2) is 10.6.